The van der Waals surface area contributed by atoms with Crippen molar-refractivity contribution in [2.24, 2.45) is 0 Å². The number of hydrogen-bond acceptors (Lipinski definition) is 4. The lowest BCUT2D eigenvalue weighted by Gasteiger charge is -2.09. The van der Waals surface area contributed by atoms with Crippen LogP contribution in [0.25, 0.3) is 0 Å². The largest absolute Gasteiger partial charge is 0.493 e. The molecular formula is C9H8F2O4S. The van der Waals surface area contributed by atoms with Crippen molar-refractivity contribution in [1.82, 2.24) is 0 Å². The van der Waals surface area contributed by atoms with Gasteiger partial charge in [-0.2, -0.15) is 0 Å². The van der Waals surface area contributed by atoms with E-state index in [2.05, 4.69) is 4.74 Å². The van der Waals surface area contributed by atoms with E-state index in [0.29, 0.717) is 12.3 Å². The fourth-order valence-corrected chi connectivity index (χ4v) is 2.07. The molecule has 88 valence electrons. The Morgan fingerprint density at radius 1 is 1.38 bits per heavy atom. The summed E-state index contributed by atoms with van der Waals surface area (Å²) in [4.78, 5) is 9.39. The molecule has 0 radical (unpaired) electrons. The molecule has 0 aliphatic heterocycles. The number of ether oxygens (including phenoxy) is 1. The Kier molecular flexibility index (Phi) is 3.27. The highest BCUT2D eigenvalue weighted by Gasteiger charge is 2.25. The molecule has 1 aromatic rings. The first-order chi connectivity index (χ1) is 7.32. The van der Waals surface area contributed by atoms with Crippen molar-refractivity contribution < 1.29 is 26.7 Å². The lowest BCUT2D eigenvalue weighted by atomic mass is 10.2. The number of aldehydes is 1. The first-order valence-corrected chi connectivity index (χ1v) is 5.93. The molecule has 4 nitrogen and oxygen atoms in total. The van der Waals surface area contributed by atoms with Crippen molar-refractivity contribution in [3.05, 3.63) is 23.3 Å². The fourth-order valence-electron chi connectivity index (χ4n) is 1.24. The average Bonchev–Trinajstić information content (AvgIpc) is 2.14. The first-order valence-electron chi connectivity index (χ1n) is 4.04. The van der Waals surface area contributed by atoms with Crippen LogP contribution in [-0.4, -0.2) is 28.1 Å². The van der Waals surface area contributed by atoms with Gasteiger partial charge < -0.3 is 4.74 Å². The molecule has 0 unspecified atom stereocenters. The normalized spacial score (nSPS) is 11.2. The van der Waals surface area contributed by atoms with Gasteiger partial charge in [-0.05, 0) is 6.07 Å². The van der Waals surface area contributed by atoms with Gasteiger partial charge in [0.1, 0.15) is 10.7 Å². The van der Waals surface area contributed by atoms with E-state index in [4.69, 9.17) is 0 Å². The van der Waals surface area contributed by atoms with Crippen molar-refractivity contribution in [2.75, 3.05) is 13.4 Å². The zero-order chi connectivity index (χ0) is 12.5. The summed E-state index contributed by atoms with van der Waals surface area (Å²) in [5.74, 6) is -3.30. The quantitative estimate of drug-likeness (QED) is 0.756. The van der Waals surface area contributed by atoms with E-state index in [-0.39, 0.29) is 11.8 Å². The predicted molar refractivity (Wildman–Crippen MR) is 51.4 cm³/mol. The topological polar surface area (TPSA) is 60.4 Å². The highest BCUT2D eigenvalue weighted by Crippen LogP contribution is 2.29. The Balaban J connectivity index is 3.74. The summed E-state index contributed by atoms with van der Waals surface area (Å²) in [7, 11) is -3.02. The molecule has 0 saturated carbocycles. The smallest absolute Gasteiger partial charge is 0.187 e. The van der Waals surface area contributed by atoms with Crippen LogP contribution in [0.2, 0.25) is 0 Å². The number of carbonyl (C=O) groups is 1. The third-order valence-electron chi connectivity index (χ3n) is 1.86. The Morgan fingerprint density at radius 2 is 1.94 bits per heavy atom. The van der Waals surface area contributed by atoms with Crippen molar-refractivity contribution >= 4 is 16.1 Å². The van der Waals surface area contributed by atoms with Gasteiger partial charge >= 0.3 is 0 Å². The standard InChI is InChI=1S/C9H8F2O4S/c1-15-8-5(4-12)3-6(10)9(7(8)11)16(2,13)14/h3-4H,1-2H3. The number of methoxy groups -OCH3 is 1. The highest BCUT2D eigenvalue weighted by atomic mass is 32.2. The van der Waals surface area contributed by atoms with E-state index in [1.54, 1.807) is 0 Å². The molecule has 0 atom stereocenters. The Hall–Kier alpha value is -1.50. The minimum absolute atomic E-state index is 0.178. The number of carbonyl (C=O) groups excluding carboxylic acids is 1. The van der Waals surface area contributed by atoms with Crippen LogP contribution in [0.1, 0.15) is 10.4 Å². The third kappa shape index (κ3) is 2.04. The summed E-state index contributed by atoms with van der Waals surface area (Å²) in [5.41, 5.74) is -0.384. The molecule has 0 saturated heterocycles. The molecule has 0 amide bonds. The van der Waals surface area contributed by atoms with Crippen LogP contribution in [0.5, 0.6) is 5.75 Å². The second-order valence-corrected chi connectivity index (χ2v) is 4.97. The first kappa shape index (κ1) is 12.6. The van der Waals surface area contributed by atoms with E-state index in [9.17, 15) is 22.0 Å². The minimum atomic E-state index is -4.07. The van der Waals surface area contributed by atoms with Gasteiger partial charge in [-0.25, -0.2) is 17.2 Å². The monoisotopic (exact) mass is 250 g/mol. The van der Waals surface area contributed by atoms with Crippen LogP contribution in [-0.2, 0) is 9.84 Å². The van der Waals surface area contributed by atoms with Gasteiger partial charge in [0.2, 0.25) is 0 Å². The molecule has 0 N–H and O–H groups in total. The maximum absolute atomic E-state index is 13.6. The summed E-state index contributed by atoms with van der Waals surface area (Å²) in [6.07, 6.45) is 0.839. The maximum atomic E-state index is 13.6. The molecular weight excluding hydrogens is 242 g/mol. The molecule has 7 heteroatoms. The molecule has 0 heterocycles. The van der Waals surface area contributed by atoms with E-state index < -0.39 is 32.1 Å². The lowest BCUT2D eigenvalue weighted by Crippen LogP contribution is -2.08. The molecule has 1 rings (SSSR count). The molecule has 0 aliphatic carbocycles. The van der Waals surface area contributed by atoms with Gasteiger partial charge in [0, 0.05) is 6.26 Å². The predicted octanol–water partition coefficient (Wildman–Crippen LogP) is 1.19. The molecule has 0 spiro atoms. The molecule has 1 aromatic carbocycles. The number of hydrogen-bond donors (Lipinski definition) is 0. The molecule has 16 heavy (non-hydrogen) atoms. The van der Waals surface area contributed by atoms with Crippen LogP contribution in [0.15, 0.2) is 11.0 Å². The summed E-state index contributed by atoms with van der Waals surface area (Å²) < 4.78 is 53.6. The van der Waals surface area contributed by atoms with E-state index >= 15 is 0 Å². The summed E-state index contributed by atoms with van der Waals surface area (Å²) in [6, 6.07) is 0.616. The van der Waals surface area contributed by atoms with Gasteiger partial charge in [-0.15, -0.1) is 0 Å². The lowest BCUT2D eigenvalue weighted by molar-refractivity contribution is 0.111. The van der Waals surface area contributed by atoms with Gasteiger partial charge in [0.25, 0.3) is 0 Å². The summed E-state index contributed by atoms with van der Waals surface area (Å²) in [6.45, 7) is 0. The third-order valence-corrected chi connectivity index (χ3v) is 2.98. The van der Waals surface area contributed by atoms with Gasteiger partial charge in [0.15, 0.2) is 27.7 Å². The minimum Gasteiger partial charge on any atom is -0.493 e. The van der Waals surface area contributed by atoms with Gasteiger partial charge in [-0.3, -0.25) is 4.79 Å². The van der Waals surface area contributed by atoms with Crippen LogP contribution in [0.3, 0.4) is 0 Å². The van der Waals surface area contributed by atoms with Crippen molar-refractivity contribution in [2.45, 2.75) is 4.90 Å². The molecule has 0 bridgehead atoms. The number of sulfone groups is 1. The van der Waals surface area contributed by atoms with Gasteiger partial charge in [0.05, 0.1) is 12.7 Å². The highest BCUT2D eigenvalue weighted by molar-refractivity contribution is 7.90. The maximum Gasteiger partial charge on any atom is 0.187 e. The van der Waals surface area contributed by atoms with Crippen LogP contribution in [0.4, 0.5) is 8.78 Å². The van der Waals surface area contributed by atoms with Crippen molar-refractivity contribution in [3.8, 4) is 5.75 Å². The van der Waals surface area contributed by atoms with Gasteiger partial charge in [-0.1, -0.05) is 0 Å². The number of halogens is 2. The molecule has 0 aromatic heterocycles. The molecule has 0 aliphatic rings. The number of benzene rings is 1. The van der Waals surface area contributed by atoms with Crippen molar-refractivity contribution in [1.29, 1.82) is 0 Å². The zero-order valence-electron chi connectivity index (χ0n) is 8.45. The average molecular weight is 250 g/mol. The Bertz CT molecular complexity index is 537. The zero-order valence-corrected chi connectivity index (χ0v) is 9.27. The van der Waals surface area contributed by atoms with Crippen LogP contribution < -0.4 is 4.74 Å². The van der Waals surface area contributed by atoms with Crippen LogP contribution in [0, 0.1) is 11.6 Å². The summed E-state index contributed by atoms with van der Waals surface area (Å²) >= 11 is 0. The molecule has 0 fully saturated rings. The Morgan fingerprint density at radius 3 is 2.31 bits per heavy atom. The second kappa shape index (κ2) is 4.17. The van der Waals surface area contributed by atoms with E-state index in [0.717, 1.165) is 7.11 Å². The summed E-state index contributed by atoms with van der Waals surface area (Å²) in [5, 5.41) is 0. The van der Waals surface area contributed by atoms with E-state index in [1.807, 2.05) is 0 Å². The number of rotatable bonds is 3. The SMILES string of the molecule is COc1c(C=O)cc(F)c(S(C)(=O)=O)c1F. The van der Waals surface area contributed by atoms with E-state index in [1.165, 1.54) is 0 Å². The Labute approximate surface area is 90.8 Å². The fraction of sp³-hybridized carbons (Fsp3) is 0.222. The van der Waals surface area contributed by atoms with Crippen molar-refractivity contribution in [3.63, 3.8) is 0 Å². The second-order valence-electron chi connectivity index (χ2n) is 3.01. The van der Waals surface area contributed by atoms with Crippen LogP contribution >= 0.6 is 0 Å².